The lowest BCUT2D eigenvalue weighted by molar-refractivity contribution is -0.355. The van der Waals surface area contributed by atoms with Gasteiger partial charge in [0.2, 0.25) is 0 Å². The van der Waals surface area contributed by atoms with Crippen LogP contribution in [0.1, 0.15) is 19.3 Å². The first-order valence-corrected chi connectivity index (χ1v) is 6.70. The van der Waals surface area contributed by atoms with Gasteiger partial charge in [-0.2, -0.15) is 8.42 Å². The minimum atomic E-state index is -3.35. The smallest absolute Gasteiger partial charge is 0.282 e. The van der Waals surface area contributed by atoms with Gasteiger partial charge in [0.1, 0.15) is 0 Å². The number of unbranched alkanes of at least 4 members (excludes halogenated alkanes) is 1. The van der Waals surface area contributed by atoms with Gasteiger partial charge in [0.25, 0.3) is 16.1 Å². The lowest BCUT2D eigenvalue weighted by atomic mass is 10.2. The minimum Gasteiger partial charge on any atom is -0.331 e. The van der Waals surface area contributed by atoms with Crippen molar-refractivity contribution in [2.24, 2.45) is 0 Å². The molecular weight excluding hydrogens is 236 g/mol. The average molecular weight is 256 g/mol. The highest BCUT2D eigenvalue weighted by Gasteiger charge is 2.28. The Kier molecular flexibility index (Phi) is 7.09. The number of ether oxygens (including phenoxy) is 3. The second-order valence-electron chi connectivity index (χ2n) is 3.28. The Bertz CT molecular complexity index is 261. The van der Waals surface area contributed by atoms with E-state index in [1.54, 1.807) is 0 Å². The van der Waals surface area contributed by atoms with Crippen molar-refractivity contribution in [3.05, 3.63) is 0 Å². The van der Waals surface area contributed by atoms with Crippen LogP contribution >= 0.6 is 0 Å². The molecule has 0 N–H and O–H groups in total. The SMILES string of the molecule is COC(CCCCOS(C)(=O)=O)(OC)OC. The first kappa shape index (κ1) is 15.8. The van der Waals surface area contributed by atoms with Gasteiger partial charge in [-0.05, 0) is 12.8 Å². The van der Waals surface area contributed by atoms with Gasteiger partial charge in [-0.25, -0.2) is 0 Å². The van der Waals surface area contributed by atoms with Gasteiger partial charge in [0.05, 0.1) is 12.9 Å². The van der Waals surface area contributed by atoms with Crippen LogP contribution < -0.4 is 0 Å². The van der Waals surface area contributed by atoms with Crippen molar-refractivity contribution in [2.75, 3.05) is 34.2 Å². The zero-order chi connectivity index (χ0) is 12.7. The molecule has 0 unspecified atom stereocenters. The third-order valence-corrected chi connectivity index (χ3v) is 2.70. The van der Waals surface area contributed by atoms with Gasteiger partial charge in [0.15, 0.2) is 0 Å². The Morgan fingerprint density at radius 1 is 1.00 bits per heavy atom. The second kappa shape index (κ2) is 7.18. The minimum absolute atomic E-state index is 0.159. The first-order valence-electron chi connectivity index (χ1n) is 4.89. The first-order chi connectivity index (χ1) is 7.39. The molecule has 0 radical (unpaired) electrons. The fourth-order valence-corrected chi connectivity index (χ4v) is 1.63. The van der Waals surface area contributed by atoms with Gasteiger partial charge >= 0.3 is 0 Å². The molecule has 0 bridgehead atoms. The highest BCUT2D eigenvalue weighted by atomic mass is 32.2. The molecule has 0 aromatic heterocycles. The predicted octanol–water partition coefficient (Wildman–Crippen LogP) is 0.726. The van der Waals surface area contributed by atoms with Crippen molar-refractivity contribution in [3.8, 4) is 0 Å². The van der Waals surface area contributed by atoms with Crippen LogP contribution in [0.5, 0.6) is 0 Å². The second-order valence-corrected chi connectivity index (χ2v) is 4.92. The zero-order valence-electron chi connectivity index (χ0n) is 10.2. The lowest BCUT2D eigenvalue weighted by Gasteiger charge is -2.28. The van der Waals surface area contributed by atoms with Crippen molar-refractivity contribution in [3.63, 3.8) is 0 Å². The average Bonchev–Trinajstić information content (AvgIpc) is 2.23. The molecule has 16 heavy (non-hydrogen) atoms. The number of rotatable bonds is 9. The summed E-state index contributed by atoms with van der Waals surface area (Å²) in [7, 11) is 1.11. The summed E-state index contributed by atoms with van der Waals surface area (Å²) in [4.78, 5) is 0. The van der Waals surface area contributed by atoms with E-state index in [0.29, 0.717) is 19.3 Å². The van der Waals surface area contributed by atoms with E-state index >= 15 is 0 Å². The Morgan fingerprint density at radius 3 is 1.88 bits per heavy atom. The fourth-order valence-electron chi connectivity index (χ4n) is 1.21. The Morgan fingerprint density at radius 2 is 1.50 bits per heavy atom. The van der Waals surface area contributed by atoms with Crippen molar-refractivity contribution in [2.45, 2.75) is 25.2 Å². The molecule has 0 aliphatic carbocycles. The van der Waals surface area contributed by atoms with Crippen molar-refractivity contribution in [1.29, 1.82) is 0 Å². The van der Waals surface area contributed by atoms with Gasteiger partial charge in [-0.3, -0.25) is 4.18 Å². The highest BCUT2D eigenvalue weighted by Crippen LogP contribution is 2.20. The molecule has 0 aromatic carbocycles. The molecule has 0 rings (SSSR count). The van der Waals surface area contributed by atoms with E-state index in [1.165, 1.54) is 21.3 Å². The zero-order valence-corrected chi connectivity index (χ0v) is 11.0. The van der Waals surface area contributed by atoms with Crippen LogP contribution in [0.15, 0.2) is 0 Å². The summed E-state index contributed by atoms with van der Waals surface area (Å²) < 4.78 is 41.2. The number of hydrogen-bond acceptors (Lipinski definition) is 6. The molecule has 98 valence electrons. The maximum Gasteiger partial charge on any atom is 0.282 e. The van der Waals surface area contributed by atoms with Crippen LogP contribution in [0.25, 0.3) is 0 Å². The highest BCUT2D eigenvalue weighted by molar-refractivity contribution is 7.85. The molecule has 0 spiro atoms. The van der Waals surface area contributed by atoms with E-state index < -0.39 is 16.1 Å². The van der Waals surface area contributed by atoms with Crippen molar-refractivity contribution in [1.82, 2.24) is 0 Å². The normalized spacial score (nSPS) is 13.0. The summed E-state index contributed by atoms with van der Waals surface area (Å²) in [6.07, 6.45) is 2.79. The third kappa shape index (κ3) is 6.39. The van der Waals surface area contributed by atoms with Crippen LogP contribution in [-0.4, -0.2) is 48.6 Å². The molecular formula is C9H20O6S. The monoisotopic (exact) mass is 256 g/mol. The molecule has 0 saturated heterocycles. The molecule has 0 heterocycles. The van der Waals surface area contributed by atoms with Gasteiger partial charge in [0, 0.05) is 27.8 Å². The largest absolute Gasteiger partial charge is 0.331 e. The summed E-state index contributed by atoms with van der Waals surface area (Å²) in [6, 6.07) is 0. The van der Waals surface area contributed by atoms with Crippen LogP contribution in [0.2, 0.25) is 0 Å². The molecule has 0 aliphatic heterocycles. The van der Waals surface area contributed by atoms with Crippen LogP contribution in [0, 0.1) is 0 Å². The van der Waals surface area contributed by atoms with Gasteiger partial charge < -0.3 is 14.2 Å². The molecule has 7 heteroatoms. The number of hydrogen-bond donors (Lipinski definition) is 0. The number of methoxy groups -OCH3 is 3. The van der Waals surface area contributed by atoms with Crippen LogP contribution in [-0.2, 0) is 28.5 Å². The topological polar surface area (TPSA) is 71.1 Å². The van der Waals surface area contributed by atoms with Crippen molar-refractivity contribution >= 4 is 10.1 Å². The lowest BCUT2D eigenvalue weighted by Crippen LogP contribution is -2.35. The van der Waals surface area contributed by atoms with E-state index in [9.17, 15) is 8.42 Å². The van der Waals surface area contributed by atoms with Crippen LogP contribution in [0.3, 0.4) is 0 Å². The predicted molar refractivity (Wildman–Crippen MR) is 58.4 cm³/mol. The molecule has 0 amide bonds. The Labute approximate surface area is 96.9 Å². The summed E-state index contributed by atoms with van der Waals surface area (Å²) in [5.74, 6) is -1.05. The molecule has 0 fully saturated rings. The Hall–Kier alpha value is -0.210. The molecule has 0 aromatic rings. The molecule has 0 atom stereocenters. The fraction of sp³-hybridized carbons (Fsp3) is 1.00. The van der Waals surface area contributed by atoms with E-state index in [2.05, 4.69) is 4.18 Å². The van der Waals surface area contributed by atoms with E-state index in [0.717, 1.165) is 6.26 Å². The summed E-state index contributed by atoms with van der Waals surface area (Å²) in [5, 5.41) is 0. The van der Waals surface area contributed by atoms with E-state index in [-0.39, 0.29) is 6.61 Å². The van der Waals surface area contributed by atoms with E-state index in [4.69, 9.17) is 14.2 Å². The maximum atomic E-state index is 10.7. The summed E-state index contributed by atoms with van der Waals surface area (Å²) in [5.41, 5.74) is 0. The Balaban J connectivity index is 3.80. The molecule has 6 nitrogen and oxygen atoms in total. The summed E-state index contributed by atoms with van der Waals surface area (Å²) in [6.45, 7) is 0.159. The summed E-state index contributed by atoms with van der Waals surface area (Å²) >= 11 is 0. The quantitative estimate of drug-likeness (QED) is 0.344. The maximum absolute atomic E-state index is 10.7. The van der Waals surface area contributed by atoms with Gasteiger partial charge in [-0.15, -0.1) is 0 Å². The molecule has 0 aliphatic rings. The van der Waals surface area contributed by atoms with Gasteiger partial charge in [-0.1, -0.05) is 0 Å². The van der Waals surface area contributed by atoms with Crippen LogP contribution in [0.4, 0.5) is 0 Å². The molecule has 0 saturated carbocycles. The standard InChI is InChI=1S/C9H20O6S/c1-12-9(13-2,14-3)7-5-6-8-15-16(4,10)11/h5-8H2,1-4H3. The third-order valence-electron chi connectivity index (χ3n) is 2.11. The van der Waals surface area contributed by atoms with Crippen molar-refractivity contribution < 1.29 is 26.8 Å². The van der Waals surface area contributed by atoms with E-state index in [1.807, 2.05) is 0 Å².